The van der Waals surface area contributed by atoms with E-state index in [0.29, 0.717) is 12.8 Å². The van der Waals surface area contributed by atoms with Gasteiger partial charge in [-0.05, 0) is 62.5 Å². The van der Waals surface area contributed by atoms with Crippen molar-refractivity contribution in [2.24, 2.45) is 5.92 Å². The van der Waals surface area contributed by atoms with E-state index in [0.717, 1.165) is 29.5 Å². The molecule has 0 N–H and O–H groups in total. The van der Waals surface area contributed by atoms with E-state index in [4.69, 9.17) is 0 Å². The fraction of sp³-hybridized carbons (Fsp3) is 0.600. The minimum atomic E-state index is -0.522. The van der Waals surface area contributed by atoms with Gasteiger partial charge in [0.15, 0.2) is 0 Å². The van der Waals surface area contributed by atoms with E-state index in [-0.39, 0.29) is 22.2 Å². The molecule has 3 heteroatoms. The Kier molecular flexibility index (Phi) is 4.43. The lowest BCUT2D eigenvalue weighted by atomic mass is 9.65. The fourth-order valence-electron chi connectivity index (χ4n) is 4.62. The molecule has 3 rings (SSSR count). The molecule has 0 spiro atoms. The lowest BCUT2D eigenvalue weighted by Gasteiger charge is -2.48. The predicted molar refractivity (Wildman–Crippen MR) is 96.2 cm³/mol. The zero-order valence-corrected chi connectivity index (χ0v) is 15.4. The molecule has 0 amide bonds. The van der Waals surface area contributed by atoms with Gasteiger partial charge in [0, 0.05) is 17.6 Å². The van der Waals surface area contributed by atoms with Crippen molar-refractivity contribution in [1.82, 2.24) is 0 Å². The molecule has 0 radical (unpaired) electrons. The largest absolute Gasteiger partial charge is 0.299 e. The summed E-state index contributed by atoms with van der Waals surface area (Å²) in [5, 5.41) is 0. The van der Waals surface area contributed by atoms with Gasteiger partial charge < -0.3 is 0 Å². The van der Waals surface area contributed by atoms with Crippen LogP contribution >= 0.6 is 11.8 Å². The predicted octanol–water partition coefficient (Wildman–Crippen LogP) is 4.53. The van der Waals surface area contributed by atoms with E-state index >= 15 is 0 Å². The van der Waals surface area contributed by atoms with Crippen LogP contribution in [0.5, 0.6) is 0 Å². The van der Waals surface area contributed by atoms with Gasteiger partial charge in [-0.2, -0.15) is 11.8 Å². The zero-order valence-electron chi connectivity index (χ0n) is 14.6. The Bertz CT molecular complexity index is 611. The highest BCUT2D eigenvalue weighted by atomic mass is 32.2. The summed E-state index contributed by atoms with van der Waals surface area (Å²) in [6.07, 6.45) is 6.83. The van der Waals surface area contributed by atoms with Gasteiger partial charge in [0.2, 0.25) is 0 Å². The third kappa shape index (κ3) is 2.77. The molecule has 2 fully saturated rings. The van der Waals surface area contributed by atoms with Crippen LogP contribution in [-0.4, -0.2) is 22.6 Å². The van der Waals surface area contributed by atoms with E-state index in [1.165, 1.54) is 12.0 Å². The maximum atomic E-state index is 12.9. The molecule has 2 aliphatic rings. The Morgan fingerprint density at radius 2 is 1.52 bits per heavy atom. The van der Waals surface area contributed by atoms with Crippen LogP contribution in [-0.2, 0) is 9.59 Å². The Balaban J connectivity index is 1.90. The summed E-state index contributed by atoms with van der Waals surface area (Å²) in [6.45, 7) is 6.11. The number of aryl methyl sites for hydroxylation is 3. The van der Waals surface area contributed by atoms with Crippen molar-refractivity contribution in [3.63, 3.8) is 0 Å². The standard InChI is InChI=1S/C20H26O2S/c1-12-8-13(2)18(14(3)9-12)19-16(21)10-15(11-17(19)22)20(23-4)6-5-7-20/h8-9,15,19H,5-7,10-11H2,1-4H3. The van der Waals surface area contributed by atoms with E-state index in [1.54, 1.807) is 0 Å². The van der Waals surface area contributed by atoms with Crippen molar-refractivity contribution in [2.75, 3.05) is 6.26 Å². The molecule has 1 aromatic carbocycles. The van der Waals surface area contributed by atoms with Gasteiger partial charge in [0.25, 0.3) is 0 Å². The number of thioether (sulfide) groups is 1. The molecule has 2 saturated carbocycles. The maximum absolute atomic E-state index is 12.9. The molecule has 2 nitrogen and oxygen atoms in total. The summed E-state index contributed by atoms with van der Waals surface area (Å²) in [4.78, 5) is 25.8. The van der Waals surface area contributed by atoms with E-state index in [9.17, 15) is 9.59 Å². The quantitative estimate of drug-likeness (QED) is 0.764. The highest BCUT2D eigenvalue weighted by Gasteiger charge is 2.49. The van der Waals surface area contributed by atoms with Gasteiger partial charge in [-0.1, -0.05) is 24.1 Å². The van der Waals surface area contributed by atoms with Crippen LogP contribution in [0, 0.1) is 26.7 Å². The molecular formula is C20H26O2S. The monoisotopic (exact) mass is 330 g/mol. The molecule has 23 heavy (non-hydrogen) atoms. The first kappa shape index (κ1) is 16.8. The topological polar surface area (TPSA) is 34.1 Å². The van der Waals surface area contributed by atoms with Gasteiger partial charge in [0.05, 0.1) is 0 Å². The van der Waals surface area contributed by atoms with Gasteiger partial charge in [-0.3, -0.25) is 9.59 Å². The second kappa shape index (κ2) is 6.08. The summed E-state index contributed by atoms with van der Waals surface area (Å²) >= 11 is 1.87. The molecule has 0 bridgehead atoms. The SMILES string of the molecule is CSC1(C2CC(=O)C(c3c(C)cc(C)cc3C)C(=O)C2)CCC1. The Hall–Kier alpha value is -1.09. The number of carbonyl (C=O) groups is 2. The molecule has 1 aromatic rings. The Labute approximate surface area is 143 Å². The second-order valence-electron chi connectivity index (χ2n) is 7.41. The van der Waals surface area contributed by atoms with Crippen molar-refractivity contribution in [3.8, 4) is 0 Å². The number of hydrogen-bond acceptors (Lipinski definition) is 3. The van der Waals surface area contributed by atoms with Crippen LogP contribution in [0.3, 0.4) is 0 Å². The number of benzene rings is 1. The molecule has 124 valence electrons. The average Bonchev–Trinajstić information content (AvgIpc) is 2.40. The van der Waals surface area contributed by atoms with E-state index in [1.807, 2.05) is 25.6 Å². The summed E-state index contributed by atoms with van der Waals surface area (Å²) in [7, 11) is 0. The van der Waals surface area contributed by atoms with Crippen LogP contribution in [0.25, 0.3) is 0 Å². The molecule has 0 aromatic heterocycles. The summed E-state index contributed by atoms with van der Waals surface area (Å²) in [5.74, 6) is 0.00245. The average molecular weight is 330 g/mol. The van der Waals surface area contributed by atoms with Gasteiger partial charge >= 0.3 is 0 Å². The molecule has 2 aliphatic carbocycles. The van der Waals surface area contributed by atoms with Gasteiger partial charge in [-0.25, -0.2) is 0 Å². The summed E-state index contributed by atoms with van der Waals surface area (Å²) < 4.78 is 0.188. The summed E-state index contributed by atoms with van der Waals surface area (Å²) in [5.41, 5.74) is 4.32. The molecule has 0 atom stereocenters. The number of carbonyl (C=O) groups excluding carboxylic acids is 2. The van der Waals surface area contributed by atoms with Crippen molar-refractivity contribution >= 4 is 23.3 Å². The summed E-state index contributed by atoms with van der Waals surface area (Å²) in [6, 6.07) is 4.18. The third-order valence-electron chi connectivity index (χ3n) is 5.92. The van der Waals surface area contributed by atoms with Gasteiger partial charge in [0.1, 0.15) is 17.5 Å². The molecule has 0 saturated heterocycles. The Morgan fingerprint density at radius 3 is 1.91 bits per heavy atom. The fourth-order valence-corrected chi connectivity index (χ4v) is 5.81. The first-order valence-corrected chi connectivity index (χ1v) is 9.79. The first-order valence-electron chi connectivity index (χ1n) is 8.56. The van der Waals surface area contributed by atoms with Crippen molar-refractivity contribution < 1.29 is 9.59 Å². The lowest BCUT2D eigenvalue weighted by molar-refractivity contribution is -0.134. The first-order chi connectivity index (χ1) is 10.9. The number of ketones is 2. The molecule has 0 heterocycles. The van der Waals surface area contributed by atoms with E-state index in [2.05, 4.69) is 25.3 Å². The van der Waals surface area contributed by atoms with Crippen LogP contribution < -0.4 is 0 Å². The molecule has 0 unspecified atom stereocenters. The lowest BCUT2D eigenvalue weighted by Crippen LogP contribution is -2.47. The normalized spacial score (nSPS) is 27.0. The highest BCUT2D eigenvalue weighted by molar-refractivity contribution is 8.00. The maximum Gasteiger partial charge on any atom is 0.148 e. The van der Waals surface area contributed by atoms with Crippen LogP contribution in [0.4, 0.5) is 0 Å². The van der Waals surface area contributed by atoms with E-state index < -0.39 is 5.92 Å². The van der Waals surface area contributed by atoms with Crippen LogP contribution in [0.1, 0.15) is 60.3 Å². The van der Waals surface area contributed by atoms with Crippen molar-refractivity contribution in [3.05, 3.63) is 34.4 Å². The van der Waals surface area contributed by atoms with Gasteiger partial charge in [-0.15, -0.1) is 0 Å². The van der Waals surface area contributed by atoms with Crippen LogP contribution in [0.15, 0.2) is 12.1 Å². The van der Waals surface area contributed by atoms with Crippen molar-refractivity contribution in [1.29, 1.82) is 0 Å². The molecule has 0 aliphatic heterocycles. The third-order valence-corrected chi connectivity index (χ3v) is 7.47. The van der Waals surface area contributed by atoms with Crippen molar-refractivity contribution in [2.45, 2.75) is 63.5 Å². The minimum Gasteiger partial charge on any atom is -0.299 e. The smallest absolute Gasteiger partial charge is 0.148 e. The zero-order chi connectivity index (χ0) is 16.8. The number of Topliss-reactive ketones (excluding diaryl/α,β-unsaturated/α-hetero) is 2. The highest BCUT2D eigenvalue weighted by Crippen LogP contribution is 2.53. The second-order valence-corrected chi connectivity index (χ2v) is 8.63. The number of rotatable bonds is 3. The molecular weight excluding hydrogens is 304 g/mol. The van der Waals surface area contributed by atoms with Crippen LogP contribution in [0.2, 0.25) is 0 Å². The number of hydrogen-bond donors (Lipinski definition) is 0. The Morgan fingerprint density at radius 1 is 1.00 bits per heavy atom. The minimum absolute atomic E-state index is 0.140.